The highest BCUT2D eigenvalue weighted by Crippen LogP contribution is 2.37. The highest BCUT2D eigenvalue weighted by molar-refractivity contribution is 7.99. The van der Waals surface area contributed by atoms with Gasteiger partial charge in [-0.05, 0) is 51.2 Å². The van der Waals surface area contributed by atoms with Crippen LogP contribution in [0.4, 0.5) is 0 Å². The van der Waals surface area contributed by atoms with Crippen LogP contribution in [0.2, 0.25) is 0 Å². The summed E-state index contributed by atoms with van der Waals surface area (Å²) in [5.74, 6) is 0.401. The van der Waals surface area contributed by atoms with Crippen LogP contribution in [0.1, 0.15) is 45.1 Å². The standard InChI is InChI=1S/C20H23N3O2S/c1-2-22(14-7-3-4-8-14)18(24)13-26-20-21-17-10-6-5-9-16(17)19(25)23(20)15-11-12-15/h5-7,9-10,15H,2-4,8,11-13H2,1H3. The lowest BCUT2D eigenvalue weighted by Crippen LogP contribution is -2.31. The molecular weight excluding hydrogens is 346 g/mol. The summed E-state index contributed by atoms with van der Waals surface area (Å²) in [6.07, 6.45) is 7.34. The summed E-state index contributed by atoms with van der Waals surface area (Å²) >= 11 is 1.39. The van der Waals surface area contributed by atoms with Crippen molar-refractivity contribution in [2.24, 2.45) is 0 Å². The molecule has 1 heterocycles. The van der Waals surface area contributed by atoms with E-state index < -0.39 is 0 Å². The first-order valence-electron chi connectivity index (χ1n) is 9.32. The van der Waals surface area contributed by atoms with Crippen molar-refractivity contribution in [3.8, 4) is 0 Å². The molecule has 1 aromatic heterocycles. The minimum Gasteiger partial charge on any atom is -0.316 e. The summed E-state index contributed by atoms with van der Waals surface area (Å²) in [7, 11) is 0. The van der Waals surface area contributed by atoms with Crippen molar-refractivity contribution in [3.63, 3.8) is 0 Å². The van der Waals surface area contributed by atoms with Crippen LogP contribution in [0.5, 0.6) is 0 Å². The number of para-hydroxylation sites is 1. The maximum absolute atomic E-state index is 12.9. The molecule has 2 aliphatic rings. The monoisotopic (exact) mass is 369 g/mol. The first-order valence-corrected chi connectivity index (χ1v) is 10.3. The van der Waals surface area contributed by atoms with Gasteiger partial charge in [-0.15, -0.1) is 0 Å². The zero-order chi connectivity index (χ0) is 18.1. The van der Waals surface area contributed by atoms with E-state index in [0.29, 0.717) is 28.4 Å². The molecular formula is C20H23N3O2S. The Balaban J connectivity index is 1.59. The van der Waals surface area contributed by atoms with Crippen LogP contribution in [-0.4, -0.2) is 32.7 Å². The van der Waals surface area contributed by atoms with Gasteiger partial charge in [-0.2, -0.15) is 0 Å². The van der Waals surface area contributed by atoms with Crippen LogP contribution in [0.25, 0.3) is 10.9 Å². The molecule has 5 nitrogen and oxygen atoms in total. The van der Waals surface area contributed by atoms with Crippen LogP contribution in [-0.2, 0) is 4.79 Å². The molecule has 0 spiro atoms. The maximum Gasteiger partial charge on any atom is 0.262 e. The number of aromatic nitrogens is 2. The third-order valence-corrected chi connectivity index (χ3v) is 5.93. The number of carbonyl (C=O) groups is 1. The maximum atomic E-state index is 12.9. The van der Waals surface area contributed by atoms with Gasteiger partial charge >= 0.3 is 0 Å². The summed E-state index contributed by atoms with van der Waals surface area (Å²) in [6, 6.07) is 7.68. The molecule has 4 rings (SSSR count). The number of rotatable bonds is 6. The first-order chi connectivity index (χ1) is 12.7. The van der Waals surface area contributed by atoms with Gasteiger partial charge in [0.05, 0.1) is 16.7 Å². The van der Waals surface area contributed by atoms with E-state index in [2.05, 4.69) is 6.08 Å². The Bertz CT molecular complexity index is 930. The van der Waals surface area contributed by atoms with Gasteiger partial charge in [0.2, 0.25) is 5.91 Å². The summed E-state index contributed by atoms with van der Waals surface area (Å²) < 4.78 is 1.80. The van der Waals surface area contributed by atoms with Crippen molar-refractivity contribution >= 4 is 28.6 Å². The number of fused-ring (bicyclic) bond motifs is 1. The molecule has 2 aromatic rings. The van der Waals surface area contributed by atoms with E-state index >= 15 is 0 Å². The van der Waals surface area contributed by atoms with Gasteiger partial charge in [0.25, 0.3) is 5.56 Å². The average molecular weight is 369 g/mol. The highest BCUT2D eigenvalue weighted by Gasteiger charge is 2.29. The van der Waals surface area contributed by atoms with Gasteiger partial charge in [-0.1, -0.05) is 30.0 Å². The number of benzene rings is 1. The number of hydrogen-bond donors (Lipinski definition) is 0. The number of allylic oxidation sites excluding steroid dienone is 2. The number of nitrogens with zero attached hydrogens (tertiary/aromatic N) is 3. The summed E-state index contributed by atoms with van der Waals surface area (Å²) in [5.41, 5.74) is 1.86. The highest BCUT2D eigenvalue weighted by atomic mass is 32.2. The molecule has 1 saturated carbocycles. The molecule has 0 bridgehead atoms. The van der Waals surface area contributed by atoms with Gasteiger partial charge in [0, 0.05) is 18.3 Å². The third-order valence-electron chi connectivity index (χ3n) is 4.99. The van der Waals surface area contributed by atoms with Gasteiger partial charge in [-0.3, -0.25) is 14.2 Å². The molecule has 0 aliphatic heterocycles. The zero-order valence-corrected chi connectivity index (χ0v) is 15.8. The molecule has 1 fully saturated rings. The third kappa shape index (κ3) is 3.30. The Hall–Kier alpha value is -2.08. The zero-order valence-electron chi connectivity index (χ0n) is 15.0. The Morgan fingerprint density at radius 1 is 1.35 bits per heavy atom. The number of thioether (sulfide) groups is 1. The van der Waals surface area contributed by atoms with Crippen molar-refractivity contribution in [2.75, 3.05) is 12.3 Å². The second kappa shape index (κ2) is 7.27. The lowest BCUT2D eigenvalue weighted by atomic mass is 10.2. The minimum absolute atomic E-state index is 0.0129. The Morgan fingerprint density at radius 2 is 2.15 bits per heavy atom. The lowest BCUT2D eigenvalue weighted by Gasteiger charge is -2.22. The Labute approximate surface area is 157 Å². The molecule has 1 amide bonds. The average Bonchev–Trinajstić information content (AvgIpc) is 3.35. The van der Waals surface area contributed by atoms with Crippen molar-refractivity contribution < 1.29 is 4.79 Å². The van der Waals surface area contributed by atoms with Gasteiger partial charge < -0.3 is 4.90 Å². The molecule has 0 atom stereocenters. The first kappa shape index (κ1) is 17.3. The van der Waals surface area contributed by atoms with E-state index in [9.17, 15) is 9.59 Å². The Morgan fingerprint density at radius 3 is 2.85 bits per heavy atom. The van der Waals surface area contributed by atoms with Crippen LogP contribution in [0, 0.1) is 0 Å². The molecule has 136 valence electrons. The fourth-order valence-electron chi connectivity index (χ4n) is 3.52. The van der Waals surface area contributed by atoms with Crippen LogP contribution >= 0.6 is 11.8 Å². The van der Waals surface area contributed by atoms with E-state index in [1.54, 1.807) is 4.57 Å². The van der Waals surface area contributed by atoms with E-state index in [1.807, 2.05) is 36.1 Å². The van der Waals surface area contributed by atoms with E-state index in [0.717, 1.165) is 37.8 Å². The Kier molecular flexibility index (Phi) is 4.85. The van der Waals surface area contributed by atoms with Gasteiger partial charge in [0.1, 0.15) is 0 Å². The molecule has 26 heavy (non-hydrogen) atoms. The second-order valence-corrected chi connectivity index (χ2v) is 7.77. The number of carbonyl (C=O) groups excluding carboxylic acids is 1. The number of hydrogen-bond acceptors (Lipinski definition) is 4. The van der Waals surface area contributed by atoms with Crippen molar-refractivity contribution in [3.05, 3.63) is 46.4 Å². The van der Waals surface area contributed by atoms with Crippen molar-refractivity contribution in [2.45, 2.75) is 50.2 Å². The minimum atomic E-state index is 0.0129. The van der Waals surface area contributed by atoms with Crippen molar-refractivity contribution in [1.29, 1.82) is 0 Å². The normalized spacial score (nSPS) is 16.7. The van der Waals surface area contributed by atoms with Crippen molar-refractivity contribution in [1.82, 2.24) is 14.5 Å². The summed E-state index contributed by atoms with van der Waals surface area (Å²) in [6.45, 7) is 2.70. The molecule has 0 radical (unpaired) electrons. The SMILES string of the molecule is CCN(C(=O)CSc1nc2ccccc2c(=O)n1C1CC1)C1=CCCC1. The molecule has 1 aromatic carbocycles. The van der Waals surface area contributed by atoms with E-state index in [1.165, 1.54) is 11.8 Å². The predicted molar refractivity (Wildman–Crippen MR) is 104 cm³/mol. The van der Waals surface area contributed by atoms with Crippen LogP contribution in [0.15, 0.2) is 46.0 Å². The molecule has 6 heteroatoms. The van der Waals surface area contributed by atoms with Gasteiger partial charge in [-0.25, -0.2) is 4.98 Å². The quantitative estimate of drug-likeness (QED) is 0.575. The fourth-order valence-corrected chi connectivity index (χ4v) is 4.47. The second-order valence-electron chi connectivity index (χ2n) is 6.83. The van der Waals surface area contributed by atoms with Crippen LogP contribution in [0.3, 0.4) is 0 Å². The fraction of sp³-hybridized carbons (Fsp3) is 0.450. The predicted octanol–water partition coefficient (Wildman–Crippen LogP) is 3.74. The molecule has 0 N–H and O–H groups in total. The largest absolute Gasteiger partial charge is 0.316 e. The van der Waals surface area contributed by atoms with Crippen LogP contribution < -0.4 is 5.56 Å². The number of amides is 1. The topological polar surface area (TPSA) is 55.2 Å². The smallest absolute Gasteiger partial charge is 0.262 e. The molecule has 0 saturated heterocycles. The van der Waals surface area contributed by atoms with E-state index in [4.69, 9.17) is 4.98 Å². The summed E-state index contributed by atoms with van der Waals surface area (Å²) in [5, 5.41) is 1.32. The van der Waals surface area contributed by atoms with E-state index in [-0.39, 0.29) is 17.5 Å². The molecule has 0 unspecified atom stereocenters. The lowest BCUT2D eigenvalue weighted by molar-refractivity contribution is -0.126. The summed E-state index contributed by atoms with van der Waals surface area (Å²) in [4.78, 5) is 32.2. The van der Waals surface area contributed by atoms with Gasteiger partial charge in [0.15, 0.2) is 5.16 Å². The molecule has 2 aliphatic carbocycles.